The van der Waals surface area contributed by atoms with Crippen LogP contribution in [0, 0.1) is 12.8 Å². The summed E-state index contributed by atoms with van der Waals surface area (Å²) < 4.78 is 5.46. The minimum absolute atomic E-state index is 0.361. The van der Waals surface area contributed by atoms with Gasteiger partial charge in [-0.3, -0.25) is 0 Å². The molecule has 0 aliphatic heterocycles. The molecule has 1 N–H and O–H groups in total. The lowest BCUT2D eigenvalue weighted by atomic mass is 10.0. The van der Waals surface area contributed by atoms with E-state index < -0.39 is 0 Å². The molecule has 1 aliphatic rings. The first-order valence-corrected chi connectivity index (χ1v) is 7.08. The monoisotopic (exact) mass is 247 g/mol. The number of methoxy groups -OCH3 is 1. The van der Waals surface area contributed by atoms with E-state index in [0.29, 0.717) is 6.04 Å². The van der Waals surface area contributed by atoms with Crippen LogP contribution < -0.4 is 10.1 Å². The van der Waals surface area contributed by atoms with Crippen LogP contribution in [0.1, 0.15) is 49.8 Å². The van der Waals surface area contributed by atoms with Crippen molar-refractivity contribution < 1.29 is 4.74 Å². The van der Waals surface area contributed by atoms with Gasteiger partial charge in [0.05, 0.1) is 7.11 Å². The molecule has 0 amide bonds. The smallest absolute Gasteiger partial charge is 0.123 e. The van der Waals surface area contributed by atoms with Crippen LogP contribution in [-0.2, 0) is 0 Å². The fraction of sp³-hybridized carbons (Fsp3) is 0.625. The van der Waals surface area contributed by atoms with Crippen LogP contribution in [0.4, 0.5) is 0 Å². The molecule has 0 saturated heterocycles. The number of ether oxygens (including phenoxy) is 1. The lowest BCUT2D eigenvalue weighted by molar-refractivity contribution is 0.400. The van der Waals surface area contributed by atoms with Gasteiger partial charge in [0.1, 0.15) is 5.75 Å². The fourth-order valence-electron chi connectivity index (χ4n) is 2.40. The van der Waals surface area contributed by atoms with Gasteiger partial charge in [-0.15, -0.1) is 0 Å². The van der Waals surface area contributed by atoms with Crippen molar-refractivity contribution in [2.24, 2.45) is 5.92 Å². The van der Waals surface area contributed by atoms with E-state index in [9.17, 15) is 0 Å². The Labute approximate surface area is 111 Å². The molecule has 18 heavy (non-hydrogen) atoms. The van der Waals surface area contributed by atoms with Gasteiger partial charge in [-0.25, -0.2) is 0 Å². The van der Waals surface area contributed by atoms with Gasteiger partial charge in [0, 0.05) is 11.6 Å². The molecule has 1 fully saturated rings. The van der Waals surface area contributed by atoms with Crippen LogP contribution in [-0.4, -0.2) is 13.7 Å². The Morgan fingerprint density at radius 2 is 2.17 bits per heavy atom. The van der Waals surface area contributed by atoms with Crippen molar-refractivity contribution in [1.82, 2.24) is 5.32 Å². The maximum atomic E-state index is 5.46. The first kappa shape index (κ1) is 13.4. The molecule has 2 heteroatoms. The number of benzene rings is 1. The summed E-state index contributed by atoms with van der Waals surface area (Å²) in [5, 5.41) is 3.60. The summed E-state index contributed by atoms with van der Waals surface area (Å²) in [6.07, 6.45) is 5.61. The van der Waals surface area contributed by atoms with Crippen molar-refractivity contribution >= 4 is 0 Å². The Kier molecular flexibility index (Phi) is 4.65. The summed E-state index contributed by atoms with van der Waals surface area (Å²) in [6, 6.07) is 6.80. The van der Waals surface area contributed by atoms with Gasteiger partial charge >= 0.3 is 0 Å². The van der Waals surface area contributed by atoms with Gasteiger partial charge < -0.3 is 10.1 Å². The Balaban J connectivity index is 1.84. The zero-order valence-corrected chi connectivity index (χ0v) is 11.8. The van der Waals surface area contributed by atoms with Gasteiger partial charge in [0.25, 0.3) is 0 Å². The van der Waals surface area contributed by atoms with Crippen LogP contribution in [0.25, 0.3) is 0 Å². The van der Waals surface area contributed by atoms with Crippen molar-refractivity contribution in [3.8, 4) is 5.75 Å². The van der Waals surface area contributed by atoms with Crippen LogP contribution in [0.15, 0.2) is 18.2 Å². The van der Waals surface area contributed by atoms with Gasteiger partial charge in [-0.05, 0) is 50.8 Å². The quantitative estimate of drug-likeness (QED) is 0.739. The standard InChI is InChI=1S/C16H25NO/c1-12-6-9-15(16(11-12)18-3)13(2)17-10-4-5-14-7-8-14/h6,9,11,13-14,17H,4-5,7-8,10H2,1-3H3. The van der Waals surface area contributed by atoms with Crippen molar-refractivity contribution in [2.45, 2.75) is 45.6 Å². The van der Waals surface area contributed by atoms with Crippen molar-refractivity contribution in [3.05, 3.63) is 29.3 Å². The minimum atomic E-state index is 0.361. The normalized spacial score (nSPS) is 16.6. The lowest BCUT2D eigenvalue weighted by Crippen LogP contribution is -2.20. The second kappa shape index (κ2) is 6.24. The maximum absolute atomic E-state index is 5.46. The molecule has 1 atom stereocenters. The highest BCUT2D eigenvalue weighted by Gasteiger charge is 2.20. The van der Waals surface area contributed by atoms with Crippen molar-refractivity contribution in [2.75, 3.05) is 13.7 Å². The summed E-state index contributed by atoms with van der Waals surface area (Å²) >= 11 is 0. The predicted molar refractivity (Wildman–Crippen MR) is 76.1 cm³/mol. The van der Waals surface area contributed by atoms with Crippen LogP contribution >= 0.6 is 0 Å². The summed E-state index contributed by atoms with van der Waals surface area (Å²) in [5.41, 5.74) is 2.51. The Hall–Kier alpha value is -1.02. The predicted octanol–water partition coefficient (Wildman–Crippen LogP) is 3.84. The Morgan fingerprint density at radius 1 is 1.39 bits per heavy atom. The molecule has 0 aromatic heterocycles. The van der Waals surface area contributed by atoms with Gasteiger partial charge in [-0.2, -0.15) is 0 Å². The number of aryl methyl sites for hydroxylation is 1. The Bertz CT molecular complexity index is 385. The first-order valence-electron chi connectivity index (χ1n) is 7.08. The third-order valence-electron chi connectivity index (χ3n) is 3.79. The number of rotatable bonds is 7. The molecule has 0 radical (unpaired) electrons. The number of hydrogen-bond acceptors (Lipinski definition) is 2. The van der Waals surface area contributed by atoms with Crippen molar-refractivity contribution in [3.63, 3.8) is 0 Å². The average Bonchev–Trinajstić information content (AvgIpc) is 3.18. The van der Waals surface area contributed by atoms with E-state index in [1.165, 1.54) is 36.8 Å². The largest absolute Gasteiger partial charge is 0.496 e. The zero-order chi connectivity index (χ0) is 13.0. The van der Waals surface area contributed by atoms with E-state index in [1.54, 1.807) is 7.11 Å². The van der Waals surface area contributed by atoms with Gasteiger partial charge in [-0.1, -0.05) is 25.0 Å². The van der Waals surface area contributed by atoms with Gasteiger partial charge in [0.2, 0.25) is 0 Å². The van der Waals surface area contributed by atoms with E-state index in [0.717, 1.165) is 18.2 Å². The number of hydrogen-bond donors (Lipinski definition) is 1. The molecule has 1 aromatic rings. The topological polar surface area (TPSA) is 21.3 Å². The molecular weight excluding hydrogens is 222 g/mol. The second-order valence-electron chi connectivity index (χ2n) is 5.51. The molecule has 1 unspecified atom stereocenters. The van der Waals surface area contributed by atoms with Crippen LogP contribution in [0.2, 0.25) is 0 Å². The summed E-state index contributed by atoms with van der Waals surface area (Å²) in [4.78, 5) is 0. The molecule has 1 aromatic carbocycles. The summed E-state index contributed by atoms with van der Waals surface area (Å²) in [6.45, 7) is 5.42. The SMILES string of the molecule is COc1cc(C)ccc1C(C)NCCCC1CC1. The molecule has 2 rings (SSSR count). The zero-order valence-electron chi connectivity index (χ0n) is 11.8. The minimum Gasteiger partial charge on any atom is -0.496 e. The van der Waals surface area contributed by atoms with Gasteiger partial charge in [0.15, 0.2) is 0 Å². The highest BCUT2D eigenvalue weighted by molar-refractivity contribution is 5.38. The van der Waals surface area contributed by atoms with E-state index in [-0.39, 0.29) is 0 Å². The summed E-state index contributed by atoms with van der Waals surface area (Å²) in [5.74, 6) is 2.04. The molecule has 1 saturated carbocycles. The van der Waals surface area contributed by atoms with Crippen LogP contribution in [0.5, 0.6) is 5.75 Å². The molecule has 100 valence electrons. The van der Waals surface area contributed by atoms with E-state index in [4.69, 9.17) is 4.74 Å². The fourth-order valence-corrected chi connectivity index (χ4v) is 2.40. The Morgan fingerprint density at radius 3 is 2.83 bits per heavy atom. The number of nitrogens with one attached hydrogen (secondary N) is 1. The molecular formula is C16H25NO. The van der Waals surface area contributed by atoms with E-state index in [1.807, 2.05) is 0 Å². The molecule has 0 heterocycles. The second-order valence-corrected chi connectivity index (χ2v) is 5.51. The average molecular weight is 247 g/mol. The molecule has 0 spiro atoms. The molecule has 2 nitrogen and oxygen atoms in total. The molecule has 1 aliphatic carbocycles. The summed E-state index contributed by atoms with van der Waals surface area (Å²) in [7, 11) is 1.75. The van der Waals surface area contributed by atoms with E-state index in [2.05, 4.69) is 37.4 Å². The highest BCUT2D eigenvalue weighted by Crippen LogP contribution is 2.33. The van der Waals surface area contributed by atoms with E-state index >= 15 is 0 Å². The first-order chi connectivity index (χ1) is 8.70. The lowest BCUT2D eigenvalue weighted by Gasteiger charge is -2.17. The maximum Gasteiger partial charge on any atom is 0.123 e. The third-order valence-corrected chi connectivity index (χ3v) is 3.79. The van der Waals surface area contributed by atoms with Crippen molar-refractivity contribution in [1.29, 1.82) is 0 Å². The molecule has 0 bridgehead atoms. The highest BCUT2D eigenvalue weighted by atomic mass is 16.5. The third kappa shape index (κ3) is 3.74. The van der Waals surface area contributed by atoms with Crippen LogP contribution in [0.3, 0.4) is 0 Å².